The fraction of sp³-hybridized carbons (Fsp3) is 0. The first-order valence-electron chi connectivity index (χ1n) is 4.91. The predicted molar refractivity (Wildman–Crippen MR) is 67.5 cm³/mol. The lowest BCUT2D eigenvalue weighted by Gasteiger charge is -1.96. The summed E-state index contributed by atoms with van der Waals surface area (Å²) in [6.45, 7) is 0. The highest BCUT2D eigenvalue weighted by atomic mass is 32.1. The topological polar surface area (TPSA) is 61.7 Å². The highest BCUT2D eigenvalue weighted by molar-refractivity contribution is 7.12. The number of benzene rings is 1. The van der Waals surface area contributed by atoms with Crippen LogP contribution in [-0.2, 0) is 0 Å². The molecule has 2 N–H and O–H groups in total. The zero-order chi connectivity index (χ0) is 12.1. The van der Waals surface area contributed by atoms with E-state index in [4.69, 9.17) is 0 Å². The van der Waals surface area contributed by atoms with Crippen LogP contribution < -0.4 is 5.43 Å². The van der Waals surface area contributed by atoms with Gasteiger partial charge in [0.05, 0.1) is 11.1 Å². The molecule has 86 valence electrons. The van der Waals surface area contributed by atoms with Gasteiger partial charge in [-0.1, -0.05) is 18.2 Å². The molecule has 1 aromatic carbocycles. The summed E-state index contributed by atoms with van der Waals surface area (Å²) >= 11 is 1.35. The van der Waals surface area contributed by atoms with Gasteiger partial charge in [-0.3, -0.25) is 4.79 Å². The van der Waals surface area contributed by atoms with Crippen molar-refractivity contribution in [2.24, 2.45) is 5.10 Å². The summed E-state index contributed by atoms with van der Waals surface area (Å²) in [6, 6.07) is 10.1. The smallest absolute Gasteiger partial charge is 0.281 e. The SMILES string of the molecule is O=C(N/N=C\c1cccc(O)c1)c1cccs1. The molecule has 0 atom stereocenters. The lowest BCUT2D eigenvalue weighted by Crippen LogP contribution is -2.16. The third kappa shape index (κ3) is 3.15. The Morgan fingerprint density at radius 3 is 2.94 bits per heavy atom. The molecule has 1 amide bonds. The van der Waals surface area contributed by atoms with E-state index in [1.165, 1.54) is 17.6 Å². The molecule has 0 saturated heterocycles. The van der Waals surface area contributed by atoms with Crippen molar-refractivity contribution in [1.82, 2.24) is 5.43 Å². The quantitative estimate of drug-likeness (QED) is 0.644. The van der Waals surface area contributed by atoms with E-state index in [0.29, 0.717) is 4.88 Å². The first-order valence-corrected chi connectivity index (χ1v) is 5.79. The lowest BCUT2D eigenvalue weighted by atomic mass is 10.2. The zero-order valence-electron chi connectivity index (χ0n) is 8.83. The maximum Gasteiger partial charge on any atom is 0.281 e. The highest BCUT2D eigenvalue weighted by Gasteiger charge is 2.03. The van der Waals surface area contributed by atoms with Crippen molar-refractivity contribution in [3.63, 3.8) is 0 Å². The number of hydrogen-bond acceptors (Lipinski definition) is 4. The van der Waals surface area contributed by atoms with Crippen LogP contribution in [0, 0.1) is 0 Å². The molecule has 2 rings (SSSR count). The summed E-state index contributed by atoms with van der Waals surface area (Å²) in [7, 11) is 0. The van der Waals surface area contributed by atoms with E-state index in [1.807, 2.05) is 5.38 Å². The Balaban J connectivity index is 1.96. The van der Waals surface area contributed by atoms with Crippen molar-refractivity contribution in [1.29, 1.82) is 0 Å². The Bertz CT molecular complexity index is 535. The van der Waals surface area contributed by atoms with Gasteiger partial charge in [-0.15, -0.1) is 11.3 Å². The van der Waals surface area contributed by atoms with E-state index < -0.39 is 0 Å². The molecule has 0 fully saturated rings. The maximum absolute atomic E-state index is 11.5. The van der Waals surface area contributed by atoms with Gasteiger partial charge in [0.15, 0.2) is 0 Å². The third-order valence-corrected chi connectivity index (χ3v) is 2.86. The molecule has 0 radical (unpaired) electrons. The molecular formula is C12H10N2O2S. The number of thiophene rings is 1. The van der Waals surface area contributed by atoms with Gasteiger partial charge in [-0.25, -0.2) is 5.43 Å². The summed E-state index contributed by atoms with van der Waals surface area (Å²) in [5.74, 6) is -0.0741. The van der Waals surface area contributed by atoms with Gasteiger partial charge in [0.1, 0.15) is 5.75 Å². The summed E-state index contributed by atoms with van der Waals surface area (Å²) in [5, 5.41) is 14.9. The van der Waals surface area contributed by atoms with E-state index in [-0.39, 0.29) is 11.7 Å². The second-order valence-electron chi connectivity index (χ2n) is 3.27. The van der Waals surface area contributed by atoms with Crippen LogP contribution in [0.1, 0.15) is 15.2 Å². The average Bonchev–Trinajstić information content (AvgIpc) is 2.82. The number of aromatic hydroxyl groups is 1. The Kier molecular flexibility index (Phi) is 3.52. The van der Waals surface area contributed by atoms with Crippen LogP contribution >= 0.6 is 11.3 Å². The molecule has 17 heavy (non-hydrogen) atoms. The molecule has 5 heteroatoms. The van der Waals surface area contributed by atoms with Crippen LogP contribution in [0.25, 0.3) is 0 Å². The minimum Gasteiger partial charge on any atom is -0.508 e. The molecule has 0 unspecified atom stereocenters. The number of phenolic OH excluding ortho intramolecular Hbond substituents is 1. The molecule has 2 aromatic rings. The molecule has 0 aliphatic rings. The minimum absolute atomic E-state index is 0.165. The van der Waals surface area contributed by atoms with Gasteiger partial charge in [-0.05, 0) is 29.1 Å². The van der Waals surface area contributed by atoms with E-state index in [1.54, 1.807) is 36.4 Å². The van der Waals surface area contributed by atoms with Gasteiger partial charge >= 0.3 is 0 Å². The van der Waals surface area contributed by atoms with Gasteiger partial charge in [-0.2, -0.15) is 5.10 Å². The molecule has 4 nitrogen and oxygen atoms in total. The fourth-order valence-electron chi connectivity index (χ4n) is 1.23. The van der Waals surface area contributed by atoms with Gasteiger partial charge in [0.2, 0.25) is 0 Å². The van der Waals surface area contributed by atoms with E-state index in [0.717, 1.165) is 5.56 Å². The van der Waals surface area contributed by atoms with E-state index in [9.17, 15) is 9.90 Å². The normalized spacial score (nSPS) is 10.6. The van der Waals surface area contributed by atoms with E-state index in [2.05, 4.69) is 10.5 Å². The second-order valence-corrected chi connectivity index (χ2v) is 4.22. The Morgan fingerprint density at radius 2 is 2.24 bits per heavy atom. The summed E-state index contributed by atoms with van der Waals surface area (Å²) in [5.41, 5.74) is 3.13. The average molecular weight is 246 g/mol. The number of hydrogen-bond donors (Lipinski definition) is 2. The lowest BCUT2D eigenvalue weighted by molar-refractivity contribution is 0.0959. The summed E-state index contributed by atoms with van der Waals surface area (Å²) in [6.07, 6.45) is 1.48. The van der Waals surface area contributed by atoms with Crippen molar-refractivity contribution in [2.75, 3.05) is 0 Å². The minimum atomic E-state index is -0.239. The Labute approximate surface area is 102 Å². The number of carbonyl (C=O) groups is 1. The molecule has 0 spiro atoms. The second kappa shape index (κ2) is 5.27. The Hall–Kier alpha value is -2.14. The van der Waals surface area contributed by atoms with Crippen molar-refractivity contribution in [3.05, 3.63) is 52.2 Å². The third-order valence-electron chi connectivity index (χ3n) is 1.99. The van der Waals surface area contributed by atoms with Crippen LogP contribution in [0.2, 0.25) is 0 Å². The van der Waals surface area contributed by atoms with Crippen LogP contribution in [0.3, 0.4) is 0 Å². The highest BCUT2D eigenvalue weighted by Crippen LogP contribution is 2.09. The van der Waals surface area contributed by atoms with Gasteiger partial charge in [0.25, 0.3) is 5.91 Å². The number of rotatable bonds is 3. The summed E-state index contributed by atoms with van der Waals surface area (Å²) < 4.78 is 0. The number of hydrazone groups is 1. The molecule has 0 saturated carbocycles. The van der Waals surface area contributed by atoms with Crippen LogP contribution in [0.5, 0.6) is 5.75 Å². The van der Waals surface area contributed by atoms with Gasteiger partial charge in [0, 0.05) is 0 Å². The Morgan fingerprint density at radius 1 is 1.35 bits per heavy atom. The zero-order valence-corrected chi connectivity index (χ0v) is 9.65. The van der Waals surface area contributed by atoms with Crippen LogP contribution in [-0.4, -0.2) is 17.2 Å². The molecule has 1 aromatic heterocycles. The van der Waals surface area contributed by atoms with Crippen molar-refractivity contribution >= 4 is 23.5 Å². The molecule has 0 aliphatic heterocycles. The van der Waals surface area contributed by atoms with Gasteiger partial charge < -0.3 is 5.11 Å². The van der Waals surface area contributed by atoms with E-state index >= 15 is 0 Å². The number of carbonyl (C=O) groups excluding carboxylic acids is 1. The number of phenols is 1. The largest absolute Gasteiger partial charge is 0.508 e. The first kappa shape index (κ1) is 11.3. The van der Waals surface area contributed by atoms with Crippen molar-refractivity contribution in [3.8, 4) is 5.75 Å². The maximum atomic E-state index is 11.5. The first-order chi connectivity index (χ1) is 8.25. The van der Waals surface area contributed by atoms with Crippen molar-refractivity contribution in [2.45, 2.75) is 0 Å². The molecule has 0 aliphatic carbocycles. The fourth-order valence-corrected chi connectivity index (χ4v) is 1.85. The van der Waals surface area contributed by atoms with Crippen LogP contribution in [0.15, 0.2) is 46.9 Å². The standard InChI is InChI=1S/C12H10N2O2S/c15-10-4-1-3-9(7-10)8-13-14-12(16)11-5-2-6-17-11/h1-8,15H,(H,14,16)/b13-8-. The predicted octanol–water partition coefficient (Wildman–Crippen LogP) is 2.22. The monoisotopic (exact) mass is 246 g/mol. The molecule has 1 heterocycles. The summed E-state index contributed by atoms with van der Waals surface area (Å²) in [4.78, 5) is 12.1. The number of nitrogens with zero attached hydrogens (tertiary/aromatic N) is 1. The molecular weight excluding hydrogens is 236 g/mol. The number of amides is 1. The number of nitrogens with one attached hydrogen (secondary N) is 1. The van der Waals surface area contributed by atoms with Crippen LogP contribution in [0.4, 0.5) is 0 Å². The van der Waals surface area contributed by atoms with Crippen molar-refractivity contribution < 1.29 is 9.90 Å². The molecule has 0 bridgehead atoms.